The van der Waals surface area contributed by atoms with Crippen LogP contribution < -0.4 is 10.2 Å². The van der Waals surface area contributed by atoms with Crippen LogP contribution in [-0.4, -0.2) is 47.2 Å². The van der Waals surface area contributed by atoms with Gasteiger partial charge >= 0.3 is 0 Å². The van der Waals surface area contributed by atoms with Gasteiger partial charge in [0.2, 0.25) is 0 Å². The first-order chi connectivity index (χ1) is 14.3. The quantitative estimate of drug-likeness (QED) is 0.536. The SMILES string of the molecule is O=C(Nc1ccc(-c2nc3ccccc3s2)cn1)c1csc(N2CCOCC2)n1. The average molecular weight is 424 g/mol. The zero-order valence-electron chi connectivity index (χ0n) is 15.4. The number of nitrogens with one attached hydrogen (secondary N) is 1. The maximum Gasteiger partial charge on any atom is 0.276 e. The van der Waals surface area contributed by atoms with Crippen LogP contribution in [0.3, 0.4) is 0 Å². The smallest absolute Gasteiger partial charge is 0.276 e. The minimum atomic E-state index is -0.263. The van der Waals surface area contributed by atoms with Crippen LogP contribution in [0.15, 0.2) is 48.0 Å². The fraction of sp³-hybridized carbons (Fsp3) is 0.200. The number of anilines is 2. The van der Waals surface area contributed by atoms with Crippen molar-refractivity contribution in [3.05, 3.63) is 53.7 Å². The van der Waals surface area contributed by atoms with Crippen molar-refractivity contribution in [2.45, 2.75) is 0 Å². The molecule has 0 saturated carbocycles. The number of hydrogen-bond donors (Lipinski definition) is 1. The first-order valence-corrected chi connectivity index (χ1v) is 10.9. The molecule has 1 fully saturated rings. The number of para-hydroxylation sites is 1. The molecule has 1 saturated heterocycles. The molecule has 1 amide bonds. The van der Waals surface area contributed by atoms with E-state index in [1.165, 1.54) is 11.3 Å². The highest BCUT2D eigenvalue weighted by atomic mass is 32.1. The second-order valence-corrected chi connectivity index (χ2v) is 8.35. The molecule has 7 nitrogen and oxygen atoms in total. The fourth-order valence-corrected chi connectivity index (χ4v) is 4.85. The lowest BCUT2D eigenvalue weighted by Crippen LogP contribution is -2.36. The molecule has 1 N–H and O–H groups in total. The molecule has 1 aliphatic rings. The number of amides is 1. The Kier molecular flexibility index (Phi) is 4.92. The second-order valence-electron chi connectivity index (χ2n) is 6.49. The van der Waals surface area contributed by atoms with Gasteiger partial charge < -0.3 is 15.0 Å². The molecule has 0 unspecified atom stereocenters. The van der Waals surface area contributed by atoms with Crippen LogP contribution in [0.1, 0.15) is 10.5 Å². The first-order valence-electron chi connectivity index (χ1n) is 9.18. The molecule has 146 valence electrons. The van der Waals surface area contributed by atoms with Crippen molar-refractivity contribution < 1.29 is 9.53 Å². The normalized spacial score (nSPS) is 14.3. The number of nitrogens with zero attached hydrogens (tertiary/aromatic N) is 4. The van der Waals surface area contributed by atoms with Gasteiger partial charge in [0.25, 0.3) is 5.91 Å². The molecule has 0 bridgehead atoms. The number of ether oxygens (including phenoxy) is 1. The Bertz CT molecular complexity index is 1120. The minimum Gasteiger partial charge on any atom is -0.378 e. The summed E-state index contributed by atoms with van der Waals surface area (Å²) in [5.74, 6) is 0.224. The number of pyridine rings is 1. The number of morpholine rings is 1. The summed E-state index contributed by atoms with van der Waals surface area (Å²) < 4.78 is 6.50. The third kappa shape index (κ3) is 3.84. The van der Waals surface area contributed by atoms with Crippen molar-refractivity contribution in [1.82, 2.24) is 15.0 Å². The standard InChI is InChI=1S/C20H17N5O2S2/c26-18(15-12-28-20(23-15)25-7-9-27-10-8-25)24-17-6-5-13(11-21-17)19-22-14-3-1-2-4-16(14)29-19/h1-6,11-12H,7-10H2,(H,21,24,26). The zero-order valence-corrected chi connectivity index (χ0v) is 17.0. The average Bonchev–Trinajstić information content (AvgIpc) is 3.42. The number of benzene rings is 1. The van der Waals surface area contributed by atoms with Crippen LogP contribution in [0.2, 0.25) is 0 Å². The van der Waals surface area contributed by atoms with Crippen molar-refractivity contribution in [1.29, 1.82) is 0 Å². The van der Waals surface area contributed by atoms with Crippen molar-refractivity contribution >= 4 is 49.7 Å². The molecule has 0 radical (unpaired) electrons. The molecule has 29 heavy (non-hydrogen) atoms. The summed E-state index contributed by atoms with van der Waals surface area (Å²) in [6.45, 7) is 2.96. The number of carbonyl (C=O) groups is 1. The summed E-state index contributed by atoms with van der Waals surface area (Å²) in [6.07, 6.45) is 1.73. The van der Waals surface area contributed by atoms with Gasteiger partial charge in [-0.05, 0) is 24.3 Å². The molecule has 0 aliphatic carbocycles. The highest BCUT2D eigenvalue weighted by Crippen LogP contribution is 2.30. The molecule has 4 heterocycles. The van der Waals surface area contributed by atoms with Crippen molar-refractivity contribution in [3.8, 4) is 10.6 Å². The number of thiazole rings is 2. The molecule has 0 spiro atoms. The predicted molar refractivity (Wildman–Crippen MR) is 116 cm³/mol. The Hall–Kier alpha value is -2.88. The summed E-state index contributed by atoms with van der Waals surface area (Å²) in [4.78, 5) is 28.1. The van der Waals surface area contributed by atoms with Gasteiger partial charge in [-0.25, -0.2) is 15.0 Å². The lowest BCUT2D eigenvalue weighted by atomic mass is 10.3. The van der Waals surface area contributed by atoms with Gasteiger partial charge in [0.05, 0.1) is 23.4 Å². The first kappa shape index (κ1) is 18.2. The third-order valence-electron chi connectivity index (χ3n) is 4.55. The lowest BCUT2D eigenvalue weighted by Gasteiger charge is -2.25. The molecule has 3 aromatic heterocycles. The van der Waals surface area contributed by atoms with E-state index in [0.29, 0.717) is 24.7 Å². The molecule has 5 rings (SSSR count). The van der Waals surface area contributed by atoms with E-state index in [4.69, 9.17) is 4.74 Å². The summed E-state index contributed by atoms with van der Waals surface area (Å²) in [7, 11) is 0. The largest absolute Gasteiger partial charge is 0.378 e. The molecular weight excluding hydrogens is 406 g/mol. The fourth-order valence-electron chi connectivity index (χ4n) is 3.04. The summed E-state index contributed by atoms with van der Waals surface area (Å²) in [5, 5.41) is 6.34. The highest BCUT2D eigenvalue weighted by molar-refractivity contribution is 7.21. The van der Waals surface area contributed by atoms with Crippen molar-refractivity contribution in [2.24, 2.45) is 0 Å². The van der Waals surface area contributed by atoms with E-state index in [1.54, 1.807) is 29.0 Å². The summed E-state index contributed by atoms with van der Waals surface area (Å²) >= 11 is 3.09. The van der Waals surface area contributed by atoms with E-state index in [1.807, 2.05) is 24.3 Å². The van der Waals surface area contributed by atoms with Gasteiger partial charge in [-0.2, -0.15) is 0 Å². The van der Waals surface area contributed by atoms with Crippen molar-refractivity contribution in [2.75, 3.05) is 36.5 Å². The predicted octanol–water partition coefficient (Wildman–Crippen LogP) is 3.90. The Balaban J connectivity index is 1.28. The van der Waals surface area contributed by atoms with Crippen molar-refractivity contribution in [3.63, 3.8) is 0 Å². The number of rotatable bonds is 4. The third-order valence-corrected chi connectivity index (χ3v) is 6.54. The van der Waals surface area contributed by atoms with Gasteiger partial charge in [-0.1, -0.05) is 12.1 Å². The molecule has 4 aromatic rings. The summed E-state index contributed by atoms with van der Waals surface area (Å²) in [6, 6.07) is 11.7. The van der Waals surface area contributed by atoms with Gasteiger partial charge in [0.15, 0.2) is 5.13 Å². The van der Waals surface area contributed by atoms with E-state index in [0.717, 1.165) is 39.0 Å². The van der Waals surface area contributed by atoms with Gasteiger partial charge in [-0.3, -0.25) is 4.79 Å². The van der Waals surface area contributed by atoms with Crippen LogP contribution in [0.25, 0.3) is 20.8 Å². The van der Waals surface area contributed by atoms with Gasteiger partial charge in [-0.15, -0.1) is 22.7 Å². The van der Waals surface area contributed by atoms with Crippen LogP contribution in [-0.2, 0) is 4.74 Å². The van der Waals surface area contributed by atoms with Crippen LogP contribution >= 0.6 is 22.7 Å². The number of hydrogen-bond acceptors (Lipinski definition) is 8. The van der Waals surface area contributed by atoms with Crippen LogP contribution in [0.4, 0.5) is 10.9 Å². The topological polar surface area (TPSA) is 80.2 Å². The molecule has 1 aromatic carbocycles. The molecular formula is C20H17N5O2S2. The highest BCUT2D eigenvalue weighted by Gasteiger charge is 2.18. The maximum absolute atomic E-state index is 12.5. The summed E-state index contributed by atoms with van der Waals surface area (Å²) in [5.41, 5.74) is 2.30. The van der Waals surface area contributed by atoms with E-state index < -0.39 is 0 Å². The Morgan fingerprint density at radius 2 is 1.97 bits per heavy atom. The Morgan fingerprint density at radius 1 is 1.10 bits per heavy atom. The van der Waals surface area contributed by atoms with E-state index >= 15 is 0 Å². The number of fused-ring (bicyclic) bond motifs is 1. The Morgan fingerprint density at radius 3 is 2.76 bits per heavy atom. The lowest BCUT2D eigenvalue weighted by molar-refractivity contribution is 0.102. The van der Waals surface area contributed by atoms with Gasteiger partial charge in [0, 0.05) is 30.2 Å². The molecule has 0 atom stereocenters. The second kappa shape index (κ2) is 7.86. The molecule has 9 heteroatoms. The van der Waals surface area contributed by atoms with E-state index in [2.05, 4.69) is 31.2 Å². The monoisotopic (exact) mass is 423 g/mol. The van der Waals surface area contributed by atoms with Crippen LogP contribution in [0, 0.1) is 0 Å². The Labute approximate surface area is 175 Å². The number of aromatic nitrogens is 3. The van der Waals surface area contributed by atoms with Gasteiger partial charge in [0.1, 0.15) is 16.5 Å². The minimum absolute atomic E-state index is 0.263. The van der Waals surface area contributed by atoms with E-state index in [-0.39, 0.29) is 5.91 Å². The number of carbonyl (C=O) groups excluding carboxylic acids is 1. The van der Waals surface area contributed by atoms with Crippen LogP contribution in [0.5, 0.6) is 0 Å². The maximum atomic E-state index is 12.5. The molecule has 1 aliphatic heterocycles. The van der Waals surface area contributed by atoms with E-state index in [9.17, 15) is 4.79 Å². The zero-order chi connectivity index (χ0) is 19.6.